The van der Waals surface area contributed by atoms with Crippen LogP contribution in [0.1, 0.15) is 6.35 Å². The molecule has 70 valence electrons. The molecule has 1 atom stereocenters. The Labute approximate surface area is 79.2 Å². The molecule has 0 radical (unpaired) electrons. The minimum absolute atomic E-state index is 0.576. The van der Waals surface area contributed by atoms with E-state index in [-0.39, 0.29) is 0 Å². The highest BCUT2D eigenvalue weighted by Crippen LogP contribution is 2.31. The van der Waals surface area contributed by atoms with Gasteiger partial charge in [-0.1, -0.05) is 12.1 Å². The SMILES string of the molecule is OC1Nc2ccccc2-c2nnnn21. The van der Waals surface area contributed by atoms with Gasteiger partial charge in [0.1, 0.15) is 0 Å². The number of aromatic nitrogens is 4. The van der Waals surface area contributed by atoms with Crippen molar-refractivity contribution in [3.05, 3.63) is 24.3 Å². The first kappa shape index (κ1) is 7.45. The lowest BCUT2D eigenvalue weighted by Crippen LogP contribution is -2.24. The van der Waals surface area contributed by atoms with E-state index in [0.29, 0.717) is 5.82 Å². The number of fused-ring (bicyclic) bond motifs is 3. The zero-order chi connectivity index (χ0) is 9.54. The predicted molar refractivity (Wildman–Crippen MR) is 48.1 cm³/mol. The van der Waals surface area contributed by atoms with Gasteiger partial charge in [0.2, 0.25) is 6.35 Å². The van der Waals surface area contributed by atoms with Gasteiger partial charge in [-0.3, -0.25) is 0 Å². The van der Waals surface area contributed by atoms with Gasteiger partial charge >= 0.3 is 0 Å². The number of nitrogens with zero attached hydrogens (tertiary/aromatic N) is 4. The van der Waals surface area contributed by atoms with E-state index in [1.807, 2.05) is 24.3 Å². The zero-order valence-corrected chi connectivity index (χ0v) is 7.12. The van der Waals surface area contributed by atoms with Gasteiger partial charge in [-0.05, 0) is 22.6 Å². The molecule has 2 N–H and O–H groups in total. The van der Waals surface area contributed by atoms with Gasteiger partial charge < -0.3 is 10.4 Å². The Balaban J connectivity index is 2.29. The standard InChI is InChI=1S/C8H7N5O/c14-8-9-6-4-2-1-3-5(6)7-10-11-12-13(7)8/h1-4,8-9,14H. The van der Waals surface area contributed by atoms with E-state index in [0.717, 1.165) is 11.3 Å². The molecule has 1 aliphatic rings. The number of tetrazole rings is 1. The number of benzene rings is 1. The van der Waals surface area contributed by atoms with Gasteiger partial charge in [0, 0.05) is 11.3 Å². The molecular weight excluding hydrogens is 182 g/mol. The predicted octanol–water partition coefficient (Wildman–Crippen LogP) is 0.214. The van der Waals surface area contributed by atoms with Crippen molar-refractivity contribution >= 4 is 5.69 Å². The topological polar surface area (TPSA) is 75.9 Å². The normalized spacial score (nSPS) is 18.2. The molecule has 0 amide bonds. The van der Waals surface area contributed by atoms with E-state index < -0.39 is 6.35 Å². The van der Waals surface area contributed by atoms with Crippen LogP contribution in [0.3, 0.4) is 0 Å². The lowest BCUT2D eigenvalue weighted by molar-refractivity contribution is 0.117. The molecule has 14 heavy (non-hydrogen) atoms. The fourth-order valence-electron chi connectivity index (χ4n) is 1.54. The second kappa shape index (κ2) is 2.52. The third-order valence-electron chi connectivity index (χ3n) is 2.18. The molecule has 6 nitrogen and oxygen atoms in total. The number of aliphatic hydroxyl groups is 1. The van der Waals surface area contributed by atoms with E-state index in [2.05, 4.69) is 20.8 Å². The van der Waals surface area contributed by atoms with Crippen LogP contribution in [0, 0.1) is 0 Å². The molecule has 0 saturated heterocycles. The van der Waals surface area contributed by atoms with Crippen molar-refractivity contribution < 1.29 is 5.11 Å². The molecule has 1 unspecified atom stereocenters. The number of para-hydroxylation sites is 1. The minimum Gasteiger partial charge on any atom is -0.355 e. The molecule has 0 bridgehead atoms. The van der Waals surface area contributed by atoms with Crippen LogP contribution < -0.4 is 5.32 Å². The summed E-state index contributed by atoms with van der Waals surface area (Å²) in [5.41, 5.74) is 1.73. The highest BCUT2D eigenvalue weighted by Gasteiger charge is 2.23. The Morgan fingerprint density at radius 3 is 3.14 bits per heavy atom. The summed E-state index contributed by atoms with van der Waals surface area (Å²) in [6, 6.07) is 7.56. The van der Waals surface area contributed by atoms with Crippen molar-refractivity contribution in [3.8, 4) is 11.4 Å². The molecule has 1 aromatic heterocycles. The first-order chi connectivity index (χ1) is 6.86. The van der Waals surface area contributed by atoms with Gasteiger partial charge in [0.05, 0.1) is 0 Å². The zero-order valence-electron chi connectivity index (χ0n) is 7.12. The molecule has 1 aromatic carbocycles. The Morgan fingerprint density at radius 2 is 2.21 bits per heavy atom. The Morgan fingerprint density at radius 1 is 1.36 bits per heavy atom. The maximum atomic E-state index is 9.61. The average molecular weight is 189 g/mol. The Kier molecular flexibility index (Phi) is 1.34. The summed E-state index contributed by atoms with van der Waals surface area (Å²) in [4.78, 5) is 0. The molecule has 0 spiro atoms. The van der Waals surface area contributed by atoms with Crippen molar-refractivity contribution in [2.75, 3.05) is 5.32 Å². The highest BCUT2D eigenvalue weighted by molar-refractivity contribution is 5.74. The number of hydrogen-bond acceptors (Lipinski definition) is 5. The highest BCUT2D eigenvalue weighted by atomic mass is 16.3. The monoisotopic (exact) mass is 189 g/mol. The van der Waals surface area contributed by atoms with Crippen LogP contribution in [-0.2, 0) is 0 Å². The average Bonchev–Trinajstić information content (AvgIpc) is 2.67. The molecule has 0 aliphatic carbocycles. The maximum absolute atomic E-state index is 9.61. The fraction of sp³-hybridized carbons (Fsp3) is 0.125. The summed E-state index contributed by atoms with van der Waals surface area (Å²) < 4.78 is 1.34. The summed E-state index contributed by atoms with van der Waals surface area (Å²) in [5, 5.41) is 23.5. The smallest absolute Gasteiger partial charge is 0.228 e. The number of hydrogen-bond donors (Lipinski definition) is 2. The minimum atomic E-state index is -0.894. The van der Waals surface area contributed by atoms with Gasteiger partial charge in [0.25, 0.3) is 0 Å². The molecule has 1 aliphatic heterocycles. The van der Waals surface area contributed by atoms with Crippen molar-refractivity contribution in [1.29, 1.82) is 0 Å². The van der Waals surface area contributed by atoms with Gasteiger partial charge in [-0.15, -0.1) is 5.10 Å². The fourth-order valence-corrected chi connectivity index (χ4v) is 1.54. The van der Waals surface area contributed by atoms with Crippen LogP contribution >= 0.6 is 0 Å². The first-order valence-corrected chi connectivity index (χ1v) is 4.18. The number of rotatable bonds is 0. The number of anilines is 1. The Hall–Kier alpha value is -1.95. The van der Waals surface area contributed by atoms with Crippen LogP contribution in [0.5, 0.6) is 0 Å². The summed E-state index contributed by atoms with van der Waals surface area (Å²) in [7, 11) is 0. The molecule has 3 rings (SSSR count). The largest absolute Gasteiger partial charge is 0.355 e. The van der Waals surface area contributed by atoms with Crippen LogP contribution in [-0.4, -0.2) is 25.3 Å². The number of aliphatic hydroxyl groups excluding tert-OH is 1. The lowest BCUT2D eigenvalue weighted by Gasteiger charge is -2.22. The summed E-state index contributed by atoms with van der Waals surface area (Å²) in [6.45, 7) is 0. The third-order valence-corrected chi connectivity index (χ3v) is 2.18. The van der Waals surface area contributed by atoms with E-state index in [4.69, 9.17) is 0 Å². The lowest BCUT2D eigenvalue weighted by atomic mass is 10.1. The quantitative estimate of drug-likeness (QED) is 0.619. The Bertz CT molecular complexity index is 480. The van der Waals surface area contributed by atoms with Crippen molar-refractivity contribution in [2.45, 2.75) is 6.35 Å². The van der Waals surface area contributed by atoms with Crippen molar-refractivity contribution in [3.63, 3.8) is 0 Å². The first-order valence-electron chi connectivity index (χ1n) is 4.18. The van der Waals surface area contributed by atoms with E-state index in [9.17, 15) is 5.11 Å². The second-order valence-corrected chi connectivity index (χ2v) is 3.01. The molecule has 2 heterocycles. The van der Waals surface area contributed by atoms with E-state index >= 15 is 0 Å². The number of nitrogens with one attached hydrogen (secondary N) is 1. The van der Waals surface area contributed by atoms with Crippen LogP contribution in [0.4, 0.5) is 5.69 Å². The van der Waals surface area contributed by atoms with Crippen LogP contribution in [0.25, 0.3) is 11.4 Å². The summed E-state index contributed by atoms with van der Waals surface area (Å²) in [6.07, 6.45) is -0.894. The van der Waals surface area contributed by atoms with Gasteiger partial charge in [0.15, 0.2) is 5.82 Å². The maximum Gasteiger partial charge on any atom is 0.228 e. The second-order valence-electron chi connectivity index (χ2n) is 3.01. The van der Waals surface area contributed by atoms with Gasteiger partial charge in [-0.25, -0.2) is 0 Å². The van der Waals surface area contributed by atoms with E-state index in [1.54, 1.807) is 0 Å². The van der Waals surface area contributed by atoms with Crippen LogP contribution in [0.2, 0.25) is 0 Å². The molecule has 0 saturated carbocycles. The van der Waals surface area contributed by atoms with Crippen molar-refractivity contribution in [1.82, 2.24) is 20.2 Å². The molecule has 0 fully saturated rings. The van der Waals surface area contributed by atoms with Gasteiger partial charge in [-0.2, -0.15) is 4.68 Å². The third kappa shape index (κ3) is 0.854. The molecule has 6 heteroatoms. The summed E-state index contributed by atoms with van der Waals surface area (Å²) in [5.74, 6) is 0.576. The molecular formula is C8H7N5O. The summed E-state index contributed by atoms with van der Waals surface area (Å²) >= 11 is 0. The van der Waals surface area contributed by atoms with Crippen LogP contribution in [0.15, 0.2) is 24.3 Å². The van der Waals surface area contributed by atoms with E-state index in [1.165, 1.54) is 4.68 Å². The van der Waals surface area contributed by atoms with Crippen molar-refractivity contribution in [2.24, 2.45) is 0 Å². The molecule has 2 aromatic rings.